The summed E-state index contributed by atoms with van der Waals surface area (Å²) in [6.45, 7) is 1.80. The summed E-state index contributed by atoms with van der Waals surface area (Å²) in [6, 6.07) is 2.13. The number of aryl methyl sites for hydroxylation is 1. The predicted octanol–water partition coefficient (Wildman–Crippen LogP) is 3.52. The zero-order valence-electron chi connectivity index (χ0n) is 11.4. The molecule has 1 aliphatic carbocycles. The Hall–Kier alpha value is -2.19. The van der Waals surface area contributed by atoms with Crippen LogP contribution in [-0.4, -0.2) is 21.9 Å². The van der Waals surface area contributed by atoms with Crippen LogP contribution >= 0.6 is 11.8 Å². The molecule has 100 valence electrons. The van der Waals surface area contributed by atoms with Gasteiger partial charge in [-0.1, -0.05) is 36.1 Å². The van der Waals surface area contributed by atoms with Gasteiger partial charge in [-0.15, -0.1) is 0 Å². The fraction of sp³-hybridized carbons (Fsp3) is 0.200. The number of nitriles is 1. The minimum Gasteiger partial charge on any atom is -0.228 e. The fourth-order valence-electron chi connectivity index (χ4n) is 1.67. The molecular weight excluding hydrogens is 268 g/mol. The molecule has 4 nitrogen and oxygen atoms in total. The lowest BCUT2D eigenvalue weighted by molar-refractivity contribution is 0.926. The Labute approximate surface area is 122 Å². The van der Waals surface area contributed by atoms with Crippen LogP contribution in [0.2, 0.25) is 0 Å². The van der Waals surface area contributed by atoms with E-state index in [0.29, 0.717) is 22.2 Å². The Kier molecular flexibility index (Phi) is 4.85. The SMILES string of the molecule is CSc1nc(C)c(C#N)c(N=C2C=C/C=C\C/C=C\2)n1. The molecule has 0 aliphatic heterocycles. The van der Waals surface area contributed by atoms with Crippen molar-refractivity contribution < 1.29 is 0 Å². The highest BCUT2D eigenvalue weighted by Gasteiger charge is 2.10. The van der Waals surface area contributed by atoms with Crippen LogP contribution in [0.15, 0.2) is 46.6 Å². The van der Waals surface area contributed by atoms with Gasteiger partial charge in [-0.05, 0) is 31.8 Å². The fourth-order valence-corrected chi connectivity index (χ4v) is 2.07. The van der Waals surface area contributed by atoms with E-state index in [1.165, 1.54) is 11.8 Å². The van der Waals surface area contributed by atoms with E-state index < -0.39 is 0 Å². The minimum absolute atomic E-state index is 0.426. The minimum atomic E-state index is 0.426. The molecule has 0 bridgehead atoms. The van der Waals surface area contributed by atoms with Crippen LogP contribution in [0, 0.1) is 18.3 Å². The molecule has 1 aliphatic rings. The third-order valence-corrected chi connectivity index (χ3v) is 3.20. The predicted molar refractivity (Wildman–Crippen MR) is 82.4 cm³/mol. The van der Waals surface area contributed by atoms with Gasteiger partial charge in [-0.3, -0.25) is 0 Å². The summed E-state index contributed by atoms with van der Waals surface area (Å²) in [6.07, 6.45) is 14.6. The molecule has 0 unspecified atom stereocenters. The molecule has 0 N–H and O–H groups in total. The summed E-state index contributed by atoms with van der Waals surface area (Å²) in [7, 11) is 0. The van der Waals surface area contributed by atoms with E-state index in [1.54, 1.807) is 6.92 Å². The van der Waals surface area contributed by atoms with Crippen molar-refractivity contribution in [1.82, 2.24) is 9.97 Å². The second kappa shape index (κ2) is 6.83. The van der Waals surface area contributed by atoms with E-state index in [-0.39, 0.29) is 0 Å². The third-order valence-electron chi connectivity index (χ3n) is 2.65. The molecule has 1 aromatic heterocycles. The van der Waals surface area contributed by atoms with Gasteiger partial charge in [0.15, 0.2) is 11.0 Å². The molecule has 0 radical (unpaired) electrons. The standard InChI is InChI=1S/C15H14N4S/c1-11-13(10-16)14(19-15(17-11)20-2)18-12-8-6-4-3-5-7-9-12/h3-4,6-9H,5H2,1-2H3/b4-3-,8-6?,9-7-,18-12?. The highest BCUT2D eigenvalue weighted by molar-refractivity contribution is 7.98. The normalized spacial score (nSPS) is 19.1. The number of aliphatic imine (C=N–C) groups is 1. The van der Waals surface area contributed by atoms with Crippen molar-refractivity contribution in [1.29, 1.82) is 5.26 Å². The van der Waals surface area contributed by atoms with E-state index in [4.69, 9.17) is 0 Å². The van der Waals surface area contributed by atoms with Crippen LogP contribution in [-0.2, 0) is 0 Å². The van der Waals surface area contributed by atoms with Crippen molar-refractivity contribution in [2.75, 3.05) is 6.26 Å². The number of aromatic nitrogens is 2. The molecule has 5 heteroatoms. The molecule has 2 rings (SSSR count). The molecule has 0 atom stereocenters. The summed E-state index contributed by atoms with van der Waals surface area (Å²) in [5, 5.41) is 9.86. The van der Waals surface area contributed by atoms with E-state index in [1.807, 2.05) is 36.6 Å². The Morgan fingerprint density at radius 1 is 1.25 bits per heavy atom. The first-order chi connectivity index (χ1) is 9.74. The van der Waals surface area contributed by atoms with Crippen molar-refractivity contribution in [2.24, 2.45) is 4.99 Å². The van der Waals surface area contributed by atoms with Crippen molar-refractivity contribution >= 4 is 23.3 Å². The Balaban J connectivity index is 2.51. The lowest BCUT2D eigenvalue weighted by atomic mass is 10.2. The summed E-state index contributed by atoms with van der Waals surface area (Å²) in [5.74, 6) is 0.429. The van der Waals surface area contributed by atoms with E-state index >= 15 is 0 Å². The second-order valence-corrected chi connectivity index (χ2v) is 4.84. The van der Waals surface area contributed by atoms with Crippen molar-refractivity contribution in [3.05, 3.63) is 47.7 Å². The van der Waals surface area contributed by atoms with Crippen molar-refractivity contribution in [3.8, 4) is 6.07 Å². The van der Waals surface area contributed by atoms with Crippen molar-refractivity contribution in [3.63, 3.8) is 0 Å². The Morgan fingerprint density at radius 3 is 2.85 bits per heavy atom. The zero-order chi connectivity index (χ0) is 14.4. The highest BCUT2D eigenvalue weighted by atomic mass is 32.2. The van der Waals surface area contributed by atoms with Crippen molar-refractivity contribution in [2.45, 2.75) is 18.5 Å². The number of allylic oxidation sites excluding steroid dienone is 6. The van der Waals surface area contributed by atoms with Crippen LogP contribution in [0.4, 0.5) is 5.82 Å². The van der Waals surface area contributed by atoms with Gasteiger partial charge in [0.1, 0.15) is 11.6 Å². The molecule has 0 saturated carbocycles. The van der Waals surface area contributed by atoms with Crippen LogP contribution in [0.5, 0.6) is 0 Å². The van der Waals surface area contributed by atoms with E-state index in [9.17, 15) is 5.26 Å². The van der Waals surface area contributed by atoms with Gasteiger partial charge >= 0.3 is 0 Å². The number of rotatable bonds is 2. The smallest absolute Gasteiger partial charge is 0.189 e. The van der Waals surface area contributed by atoms with Crippen LogP contribution < -0.4 is 0 Å². The van der Waals surface area contributed by atoms with Gasteiger partial charge in [0.25, 0.3) is 0 Å². The summed E-state index contributed by atoms with van der Waals surface area (Å²) >= 11 is 1.44. The van der Waals surface area contributed by atoms with Gasteiger partial charge in [-0.25, -0.2) is 15.0 Å². The quantitative estimate of drug-likeness (QED) is 0.615. The highest BCUT2D eigenvalue weighted by Crippen LogP contribution is 2.22. The van der Waals surface area contributed by atoms with Gasteiger partial charge in [0, 0.05) is 0 Å². The van der Waals surface area contributed by atoms with Crippen LogP contribution in [0.3, 0.4) is 0 Å². The molecule has 0 spiro atoms. The van der Waals surface area contributed by atoms with Crippen LogP contribution in [0.25, 0.3) is 0 Å². The second-order valence-electron chi connectivity index (χ2n) is 4.07. The Bertz CT molecular complexity index is 663. The largest absolute Gasteiger partial charge is 0.228 e. The maximum absolute atomic E-state index is 9.24. The molecule has 0 amide bonds. The zero-order valence-corrected chi connectivity index (χ0v) is 12.2. The van der Waals surface area contributed by atoms with E-state index in [2.05, 4.69) is 27.1 Å². The number of nitrogens with zero attached hydrogens (tertiary/aromatic N) is 4. The van der Waals surface area contributed by atoms with Gasteiger partial charge in [0.05, 0.1) is 11.4 Å². The molecule has 1 heterocycles. The first-order valence-electron chi connectivity index (χ1n) is 6.15. The van der Waals surface area contributed by atoms with Crippen LogP contribution in [0.1, 0.15) is 17.7 Å². The lowest BCUT2D eigenvalue weighted by Crippen LogP contribution is -1.97. The van der Waals surface area contributed by atoms with Gasteiger partial charge in [-0.2, -0.15) is 5.26 Å². The number of thioether (sulfide) groups is 1. The molecular formula is C15H14N4S. The molecule has 0 aromatic carbocycles. The van der Waals surface area contributed by atoms with E-state index in [0.717, 1.165) is 12.1 Å². The summed E-state index contributed by atoms with van der Waals surface area (Å²) in [4.78, 5) is 13.1. The molecule has 0 fully saturated rings. The third kappa shape index (κ3) is 3.43. The average Bonchev–Trinajstić information content (AvgIpc) is 2.41. The first-order valence-corrected chi connectivity index (χ1v) is 7.38. The average molecular weight is 282 g/mol. The lowest BCUT2D eigenvalue weighted by Gasteiger charge is -2.04. The molecule has 0 saturated heterocycles. The number of hydrogen-bond donors (Lipinski definition) is 0. The molecule has 1 aromatic rings. The maximum Gasteiger partial charge on any atom is 0.189 e. The van der Waals surface area contributed by atoms with Gasteiger partial charge in [0.2, 0.25) is 0 Å². The number of hydrogen-bond acceptors (Lipinski definition) is 5. The van der Waals surface area contributed by atoms with Gasteiger partial charge < -0.3 is 0 Å². The summed E-state index contributed by atoms with van der Waals surface area (Å²) in [5.41, 5.74) is 1.86. The topological polar surface area (TPSA) is 61.9 Å². The molecule has 20 heavy (non-hydrogen) atoms. The maximum atomic E-state index is 9.24. The monoisotopic (exact) mass is 282 g/mol. The summed E-state index contributed by atoms with van der Waals surface area (Å²) < 4.78 is 0. The Morgan fingerprint density at radius 2 is 2.10 bits per heavy atom. The first kappa shape index (κ1) is 14.2.